The first-order valence-electron chi connectivity index (χ1n) is 5.78. The van der Waals surface area contributed by atoms with Gasteiger partial charge in [-0.3, -0.25) is 0 Å². The summed E-state index contributed by atoms with van der Waals surface area (Å²) >= 11 is 7.29. The first-order valence-corrected chi connectivity index (χ1v) is 6.98. The smallest absolute Gasteiger partial charge is 0.340 e. The number of aromatic carboxylic acids is 1. The summed E-state index contributed by atoms with van der Waals surface area (Å²) in [5.41, 5.74) is 5.16. The second-order valence-electron chi connectivity index (χ2n) is 4.07. The van der Waals surface area contributed by atoms with Crippen LogP contribution in [0.1, 0.15) is 15.2 Å². The summed E-state index contributed by atoms with van der Waals surface area (Å²) in [6.07, 6.45) is 0.688. The Morgan fingerprint density at radius 1 is 1.40 bits per heavy atom. The maximum atomic E-state index is 13.3. The average Bonchev–Trinajstić information content (AvgIpc) is 2.79. The van der Waals surface area contributed by atoms with E-state index in [0.717, 1.165) is 10.9 Å². The first kappa shape index (κ1) is 14.6. The van der Waals surface area contributed by atoms with Crippen LogP contribution in [0.15, 0.2) is 24.3 Å². The Kier molecular flexibility index (Phi) is 4.46. The predicted molar refractivity (Wildman–Crippen MR) is 79.3 cm³/mol. The molecule has 0 saturated heterocycles. The Hall–Kier alpha value is -1.79. The van der Waals surface area contributed by atoms with Crippen LogP contribution in [0.3, 0.4) is 0 Å². The van der Waals surface area contributed by atoms with E-state index in [1.54, 1.807) is 6.07 Å². The van der Waals surface area contributed by atoms with Crippen LogP contribution in [0.4, 0.5) is 15.8 Å². The SMILES string of the molecule is Nc1c(F)ccc(NCCc2ccc(Cl)s2)c1C(=O)O. The lowest BCUT2D eigenvalue weighted by Gasteiger charge is -2.11. The molecule has 7 heteroatoms. The van der Waals surface area contributed by atoms with E-state index < -0.39 is 11.8 Å². The van der Waals surface area contributed by atoms with Gasteiger partial charge in [0.25, 0.3) is 0 Å². The lowest BCUT2D eigenvalue weighted by atomic mass is 10.1. The highest BCUT2D eigenvalue weighted by molar-refractivity contribution is 7.16. The van der Waals surface area contributed by atoms with Gasteiger partial charge in [-0.15, -0.1) is 11.3 Å². The molecule has 0 unspecified atom stereocenters. The Labute approximate surface area is 124 Å². The number of carboxylic acids is 1. The Morgan fingerprint density at radius 2 is 2.15 bits per heavy atom. The minimum Gasteiger partial charge on any atom is -0.478 e. The third-order valence-corrected chi connectivity index (χ3v) is 4.01. The quantitative estimate of drug-likeness (QED) is 0.739. The normalized spacial score (nSPS) is 10.5. The van der Waals surface area contributed by atoms with Gasteiger partial charge in [0.05, 0.1) is 15.7 Å². The number of nitrogens with two attached hydrogens (primary N) is 1. The summed E-state index contributed by atoms with van der Waals surface area (Å²) < 4.78 is 14.0. The third-order valence-electron chi connectivity index (χ3n) is 2.72. The van der Waals surface area contributed by atoms with E-state index in [9.17, 15) is 9.18 Å². The van der Waals surface area contributed by atoms with Crippen LogP contribution >= 0.6 is 22.9 Å². The summed E-state index contributed by atoms with van der Waals surface area (Å²) in [4.78, 5) is 12.2. The van der Waals surface area contributed by atoms with Gasteiger partial charge in [0.1, 0.15) is 11.4 Å². The zero-order valence-corrected chi connectivity index (χ0v) is 11.9. The largest absolute Gasteiger partial charge is 0.478 e. The van der Waals surface area contributed by atoms with Crippen LogP contribution in [-0.2, 0) is 6.42 Å². The molecular formula is C13H12ClFN2O2S. The second-order valence-corrected chi connectivity index (χ2v) is 5.87. The molecule has 1 aromatic carbocycles. The van der Waals surface area contributed by atoms with E-state index in [1.165, 1.54) is 17.4 Å². The molecule has 1 aromatic heterocycles. The molecule has 0 aliphatic heterocycles. The molecule has 0 amide bonds. The number of rotatable bonds is 5. The molecule has 106 valence electrons. The highest BCUT2D eigenvalue weighted by Gasteiger charge is 2.17. The molecule has 0 saturated carbocycles. The van der Waals surface area contributed by atoms with Crippen LogP contribution in [0.25, 0.3) is 0 Å². The Balaban J connectivity index is 2.09. The molecule has 1 heterocycles. The molecule has 0 spiro atoms. The number of benzene rings is 1. The number of carbonyl (C=O) groups is 1. The van der Waals surface area contributed by atoms with Crippen molar-refractivity contribution in [2.75, 3.05) is 17.6 Å². The molecular weight excluding hydrogens is 303 g/mol. The van der Waals surface area contributed by atoms with E-state index in [4.69, 9.17) is 22.4 Å². The van der Waals surface area contributed by atoms with Crippen molar-refractivity contribution in [3.8, 4) is 0 Å². The van der Waals surface area contributed by atoms with E-state index in [1.807, 2.05) is 6.07 Å². The summed E-state index contributed by atoms with van der Waals surface area (Å²) in [5, 5.41) is 12.0. The van der Waals surface area contributed by atoms with Gasteiger partial charge in [-0.05, 0) is 30.7 Å². The molecule has 0 aliphatic rings. The minimum absolute atomic E-state index is 0.241. The molecule has 20 heavy (non-hydrogen) atoms. The highest BCUT2D eigenvalue weighted by atomic mass is 35.5. The van der Waals surface area contributed by atoms with Crippen LogP contribution in [0.5, 0.6) is 0 Å². The monoisotopic (exact) mass is 314 g/mol. The van der Waals surface area contributed by atoms with Gasteiger partial charge in [-0.1, -0.05) is 11.6 Å². The molecule has 4 nitrogen and oxygen atoms in total. The lowest BCUT2D eigenvalue weighted by molar-refractivity contribution is 0.0698. The van der Waals surface area contributed by atoms with Gasteiger partial charge in [-0.2, -0.15) is 0 Å². The van der Waals surface area contributed by atoms with Gasteiger partial charge in [0.15, 0.2) is 0 Å². The van der Waals surface area contributed by atoms with Crippen molar-refractivity contribution in [3.05, 3.63) is 44.9 Å². The van der Waals surface area contributed by atoms with Crippen molar-refractivity contribution >= 4 is 40.3 Å². The van der Waals surface area contributed by atoms with Gasteiger partial charge in [-0.25, -0.2) is 9.18 Å². The Bertz CT molecular complexity index is 645. The highest BCUT2D eigenvalue weighted by Crippen LogP contribution is 2.26. The van der Waals surface area contributed by atoms with Gasteiger partial charge < -0.3 is 16.2 Å². The topological polar surface area (TPSA) is 75.3 Å². The molecule has 0 atom stereocenters. The molecule has 0 bridgehead atoms. The number of hydrogen-bond acceptors (Lipinski definition) is 4. The molecule has 0 fully saturated rings. The van der Waals surface area contributed by atoms with E-state index in [-0.39, 0.29) is 11.3 Å². The second kappa shape index (κ2) is 6.11. The standard InChI is InChI=1S/C13H12ClFN2O2S/c14-10-4-1-7(20-10)5-6-17-9-3-2-8(15)12(16)11(9)13(18)19/h1-4,17H,5-6,16H2,(H,18,19). The fraction of sp³-hybridized carbons (Fsp3) is 0.154. The number of hydrogen-bond donors (Lipinski definition) is 3. The van der Waals surface area contributed by atoms with Crippen LogP contribution < -0.4 is 11.1 Å². The molecule has 0 radical (unpaired) electrons. The average molecular weight is 315 g/mol. The zero-order chi connectivity index (χ0) is 14.7. The predicted octanol–water partition coefficient (Wildman–Crippen LogP) is 3.48. The Morgan fingerprint density at radius 3 is 2.75 bits per heavy atom. The number of carboxylic acid groups (broad SMARTS) is 1. The summed E-state index contributed by atoms with van der Waals surface area (Å²) in [6.45, 7) is 0.502. The van der Waals surface area contributed by atoms with E-state index in [2.05, 4.69) is 5.32 Å². The summed E-state index contributed by atoms with van der Waals surface area (Å²) in [5.74, 6) is -2.00. The van der Waals surface area contributed by atoms with Crippen LogP contribution in [-0.4, -0.2) is 17.6 Å². The van der Waals surface area contributed by atoms with Crippen molar-refractivity contribution in [2.24, 2.45) is 0 Å². The fourth-order valence-corrected chi connectivity index (χ4v) is 2.87. The van der Waals surface area contributed by atoms with Crippen molar-refractivity contribution in [2.45, 2.75) is 6.42 Å². The van der Waals surface area contributed by atoms with Crippen molar-refractivity contribution in [3.63, 3.8) is 0 Å². The summed E-state index contributed by atoms with van der Waals surface area (Å²) in [7, 11) is 0. The van der Waals surface area contributed by atoms with Crippen molar-refractivity contribution < 1.29 is 14.3 Å². The maximum Gasteiger partial charge on any atom is 0.340 e. The molecule has 2 rings (SSSR count). The van der Waals surface area contributed by atoms with Gasteiger partial charge >= 0.3 is 5.97 Å². The molecule has 2 aromatic rings. The minimum atomic E-state index is -1.26. The van der Waals surface area contributed by atoms with E-state index in [0.29, 0.717) is 23.0 Å². The molecule has 4 N–H and O–H groups in total. The maximum absolute atomic E-state index is 13.3. The van der Waals surface area contributed by atoms with Gasteiger partial charge in [0.2, 0.25) is 0 Å². The molecule has 0 aliphatic carbocycles. The number of nitrogens with one attached hydrogen (secondary N) is 1. The fourth-order valence-electron chi connectivity index (χ4n) is 1.78. The number of halogens is 2. The van der Waals surface area contributed by atoms with E-state index >= 15 is 0 Å². The summed E-state index contributed by atoms with van der Waals surface area (Å²) in [6, 6.07) is 6.23. The van der Waals surface area contributed by atoms with Crippen molar-refractivity contribution in [1.29, 1.82) is 0 Å². The van der Waals surface area contributed by atoms with Crippen molar-refractivity contribution in [1.82, 2.24) is 0 Å². The lowest BCUT2D eigenvalue weighted by Crippen LogP contribution is -2.12. The first-order chi connectivity index (χ1) is 9.49. The number of nitrogen functional groups attached to an aromatic ring is 1. The zero-order valence-electron chi connectivity index (χ0n) is 10.3. The van der Waals surface area contributed by atoms with Crippen LogP contribution in [0.2, 0.25) is 4.34 Å². The number of anilines is 2. The third kappa shape index (κ3) is 3.20. The van der Waals surface area contributed by atoms with Gasteiger partial charge in [0, 0.05) is 11.4 Å². The van der Waals surface area contributed by atoms with Crippen LogP contribution in [0, 0.1) is 5.82 Å². The number of thiophene rings is 1.